The van der Waals surface area contributed by atoms with Crippen LogP contribution in [-0.2, 0) is 0 Å². The van der Waals surface area contributed by atoms with Crippen molar-refractivity contribution < 1.29 is 74.1 Å². The molecule has 0 aliphatic heterocycles. The Morgan fingerprint density at radius 2 is 1.10 bits per heavy atom. The summed E-state index contributed by atoms with van der Waals surface area (Å²) in [6, 6.07) is 0. The molecule has 0 saturated carbocycles. The zero-order valence-corrected chi connectivity index (χ0v) is 11.7. The average Bonchev–Trinajstić information content (AvgIpc) is 1.25. The molecule has 50 valence electrons. The standard InChI is InChI=1S/CHCl3.CH2O3.2Na/c2*2-1(3)4;;/h1H;(H2,2,3,4);;/q;;2*+1/p-2. The number of rotatable bonds is 0. The monoisotopic (exact) mass is 224 g/mol. The van der Waals surface area contributed by atoms with Crippen LogP contribution in [0, 0.1) is 0 Å². The molecule has 8 heteroatoms. The van der Waals surface area contributed by atoms with Gasteiger partial charge in [0.25, 0.3) is 0 Å². The van der Waals surface area contributed by atoms with E-state index in [1.807, 2.05) is 0 Å². The van der Waals surface area contributed by atoms with Crippen molar-refractivity contribution >= 4 is 41.0 Å². The predicted octanol–water partition coefficient (Wildman–Crippen LogP) is -6.45. The van der Waals surface area contributed by atoms with E-state index in [4.69, 9.17) is 49.8 Å². The molecule has 3 nitrogen and oxygen atoms in total. The van der Waals surface area contributed by atoms with Crippen molar-refractivity contribution in [3.05, 3.63) is 0 Å². The van der Waals surface area contributed by atoms with Crippen molar-refractivity contribution in [3.8, 4) is 0 Å². The van der Waals surface area contributed by atoms with Crippen molar-refractivity contribution in [2.24, 2.45) is 0 Å². The molecular weight excluding hydrogens is 224 g/mol. The summed E-state index contributed by atoms with van der Waals surface area (Å²) in [6.45, 7) is 0. The maximum Gasteiger partial charge on any atom is 1.00 e. The van der Waals surface area contributed by atoms with Crippen LogP contribution in [0.3, 0.4) is 0 Å². The normalized spacial score (nSPS) is 6.00. The molecule has 0 spiro atoms. The van der Waals surface area contributed by atoms with E-state index in [1.54, 1.807) is 0 Å². The number of carbonyl (C=O) groups excluding carboxylic acids is 1. The second kappa shape index (κ2) is 17.3. The largest absolute Gasteiger partial charge is 1.00 e. The zero-order chi connectivity index (χ0) is 7.15. The van der Waals surface area contributed by atoms with Crippen LogP contribution >= 0.6 is 34.8 Å². The van der Waals surface area contributed by atoms with Gasteiger partial charge in [0.05, 0.1) is 0 Å². The summed E-state index contributed by atoms with van der Waals surface area (Å²) in [7, 11) is 0. The Labute approximate surface area is 118 Å². The molecule has 0 N–H and O–H groups in total. The first-order valence-electron chi connectivity index (χ1n) is 1.27. The average molecular weight is 225 g/mol. The van der Waals surface area contributed by atoms with E-state index in [1.165, 1.54) is 0 Å². The molecule has 0 aromatic rings. The minimum atomic E-state index is -2.33. The second-order valence-electron chi connectivity index (χ2n) is 0.497. The Hall–Kier alpha value is 2.14. The molecule has 0 fully saturated rings. The molecule has 0 aliphatic carbocycles. The molecule has 0 amide bonds. The van der Waals surface area contributed by atoms with E-state index in [2.05, 4.69) is 0 Å². The molecule has 0 aromatic carbocycles. The van der Waals surface area contributed by atoms with E-state index in [-0.39, 0.29) is 59.1 Å². The van der Waals surface area contributed by atoms with Gasteiger partial charge >= 0.3 is 59.1 Å². The summed E-state index contributed by atoms with van der Waals surface area (Å²) < 4.78 is -0.750. The first-order valence-corrected chi connectivity index (χ1v) is 2.58. The van der Waals surface area contributed by atoms with Crippen molar-refractivity contribution in [1.82, 2.24) is 0 Å². The summed E-state index contributed by atoms with van der Waals surface area (Å²) in [5, 5.41) is 16.7. The van der Waals surface area contributed by atoms with E-state index < -0.39 is 10.5 Å². The van der Waals surface area contributed by atoms with Gasteiger partial charge in [-0.25, -0.2) is 0 Å². The van der Waals surface area contributed by atoms with E-state index in [0.717, 1.165) is 0 Å². The van der Waals surface area contributed by atoms with Gasteiger partial charge in [-0.3, -0.25) is 0 Å². The third-order valence-corrected chi connectivity index (χ3v) is 0. The predicted molar refractivity (Wildman–Crippen MR) is 26.7 cm³/mol. The van der Waals surface area contributed by atoms with Gasteiger partial charge in [0, 0.05) is 0 Å². The summed E-state index contributed by atoms with van der Waals surface area (Å²) in [6.07, 6.45) is -2.33. The van der Waals surface area contributed by atoms with Crippen LogP contribution in [0.2, 0.25) is 0 Å². The minimum absolute atomic E-state index is 0. The van der Waals surface area contributed by atoms with Gasteiger partial charge < -0.3 is 15.0 Å². The van der Waals surface area contributed by atoms with Crippen molar-refractivity contribution in [2.45, 2.75) is 4.30 Å². The smallest absolute Gasteiger partial charge is 0.652 e. The fourth-order valence-electron chi connectivity index (χ4n) is 0. The number of halogens is 3. The molecule has 10 heavy (non-hydrogen) atoms. The fourth-order valence-corrected chi connectivity index (χ4v) is 0. The molecular formula is C2HCl3Na2O3. The number of carboxylic acid groups (broad SMARTS) is 2. The number of carbonyl (C=O) groups is 1. The summed E-state index contributed by atoms with van der Waals surface area (Å²) in [4.78, 5) is 8.33. The SMILES string of the molecule is ClC(Cl)Cl.O=C([O-])[O-].[Na+].[Na+]. The first-order chi connectivity index (χ1) is 3.46. The minimum Gasteiger partial charge on any atom is -0.652 e. The number of alkyl halides is 3. The third-order valence-electron chi connectivity index (χ3n) is 0. The van der Waals surface area contributed by atoms with Gasteiger partial charge in [-0.15, -0.1) is 0 Å². The maximum absolute atomic E-state index is 8.33. The zero-order valence-electron chi connectivity index (χ0n) is 5.44. The van der Waals surface area contributed by atoms with Crippen molar-refractivity contribution in [2.75, 3.05) is 0 Å². The van der Waals surface area contributed by atoms with Crippen LogP contribution < -0.4 is 69.3 Å². The van der Waals surface area contributed by atoms with Crippen LogP contribution in [0.15, 0.2) is 0 Å². The second-order valence-corrected chi connectivity index (χ2v) is 2.48. The Kier molecular flexibility index (Phi) is 39.3. The van der Waals surface area contributed by atoms with Gasteiger partial charge in [-0.1, -0.05) is 34.8 Å². The maximum atomic E-state index is 8.33. The Morgan fingerprint density at radius 1 is 1.10 bits per heavy atom. The van der Waals surface area contributed by atoms with Gasteiger partial charge in [-0.05, 0) is 6.16 Å². The fraction of sp³-hybridized carbons (Fsp3) is 0.500. The van der Waals surface area contributed by atoms with Gasteiger partial charge in [0.1, 0.15) is 0 Å². The Bertz CT molecular complexity index is 64.0. The van der Waals surface area contributed by atoms with Crippen molar-refractivity contribution in [3.63, 3.8) is 0 Å². The molecule has 0 saturated heterocycles. The quantitative estimate of drug-likeness (QED) is 0.304. The van der Waals surface area contributed by atoms with Crippen LogP contribution in [0.4, 0.5) is 4.79 Å². The summed E-state index contributed by atoms with van der Waals surface area (Å²) >= 11 is 14.4. The number of hydrogen-bond acceptors (Lipinski definition) is 3. The van der Waals surface area contributed by atoms with Crippen LogP contribution in [-0.4, -0.2) is 10.5 Å². The Balaban J connectivity index is -0.0000000300. The van der Waals surface area contributed by atoms with Crippen LogP contribution in [0.1, 0.15) is 0 Å². The summed E-state index contributed by atoms with van der Waals surface area (Å²) in [5.41, 5.74) is 0. The topological polar surface area (TPSA) is 63.2 Å². The van der Waals surface area contributed by atoms with Gasteiger partial charge in [-0.2, -0.15) is 0 Å². The summed E-state index contributed by atoms with van der Waals surface area (Å²) in [5.74, 6) is 0. The van der Waals surface area contributed by atoms with Gasteiger partial charge in [0.2, 0.25) is 0 Å². The molecule has 0 radical (unpaired) electrons. The Morgan fingerprint density at radius 3 is 1.10 bits per heavy atom. The van der Waals surface area contributed by atoms with Crippen molar-refractivity contribution in [1.29, 1.82) is 0 Å². The molecule has 0 aliphatic rings. The van der Waals surface area contributed by atoms with E-state index in [0.29, 0.717) is 0 Å². The molecule has 0 bridgehead atoms. The van der Waals surface area contributed by atoms with Gasteiger partial charge in [0.15, 0.2) is 4.30 Å². The molecule has 0 rings (SSSR count). The molecule has 0 aromatic heterocycles. The number of hydrogen-bond donors (Lipinski definition) is 0. The first kappa shape index (κ1) is 22.7. The molecule has 0 atom stereocenters. The van der Waals surface area contributed by atoms with Crippen LogP contribution in [0.25, 0.3) is 0 Å². The third kappa shape index (κ3) is 185. The van der Waals surface area contributed by atoms with Crippen LogP contribution in [0.5, 0.6) is 0 Å². The van der Waals surface area contributed by atoms with E-state index >= 15 is 0 Å². The molecule has 0 heterocycles. The van der Waals surface area contributed by atoms with E-state index in [9.17, 15) is 0 Å². The molecule has 0 unspecified atom stereocenters.